The van der Waals surface area contributed by atoms with Crippen LogP contribution < -0.4 is 0 Å². The van der Waals surface area contributed by atoms with Crippen molar-refractivity contribution >= 4 is 11.8 Å². The zero-order valence-corrected chi connectivity index (χ0v) is 9.09. The first-order valence-corrected chi connectivity index (χ1v) is 4.65. The fourth-order valence-corrected chi connectivity index (χ4v) is 1.46. The van der Waals surface area contributed by atoms with E-state index in [9.17, 15) is 4.79 Å². The van der Waals surface area contributed by atoms with Crippen molar-refractivity contribution < 1.29 is 4.79 Å². The Morgan fingerprint density at radius 3 is 2.43 bits per heavy atom. The molecule has 14 heavy (non-hydrogen) atoms. The summed E-state index contributed by atoms with van der Waals surface area (Å²) in [4.78, 5) is 14.1. The molecule has 0 aromatic heterocycles. The molecular weight excluding hydrogens is 174 g/mol. The van der Waals surface area contributed by atoms with Gasteiger partial charge in [0.1, 0.15) is 0 Å². The second-order valence-corrected chi connectivity index (χ2v) is 4.42. The van der Waals surface area contributed by atoms with Gasteiger partial charge in [0.25, 0.3) is 0 Å². The summed E-state index contributed by atoms with van der Waals surface area (Å²) < 4.78 is 0. The normalized spacial score (nSPS) is 10.9. The van der Waals surface area contributed by atoms with Crippen molar-refractivity contribution in [3.63, 3.8) is 0 Å². The van der Waals surface area contributed by atoms with Gasteiger partial charge in [0.05, 0.1) is 5.69 Å². The zero-order chi connectivity index (χ0) is 10.8. The lowest BCUT2D eigenvalue weighted by Crippen LogP contribution is -2.11. The van der Waals surface area contributed by atoms with Crippen LogP contribution in [-0.4, -0.2) is 6.08 Å². The van der Waals surface area contributed by atoms with E-state index in [-0.39, 0.29) is 5.41 Å². The van der Waals surface area contributed by atoms with Crippen LogP contribution in [0.25, 0.3) is 0 Å². The molecule has 1 rings (SSSR count). The summed E-state index contributed by atoms with van der Waals surface area (Å²) in [6.45, 7) is 8.26. The lowest BCUT2D eigenvalue weighted by molar-refractivity contribution is 0.564. The van der Waals surface area contributed by atoms with Gasteiger partial charge >= 0.3 is 0 Å². The number of isocyanates is 1. The maximum Gasteiger partial charge on any atom is 0.240 e. The molecule has 0 radical (unpaired) electrons. The summed E-state index contributed by atoms with van der Waals surface area (Å²) >= 11 is 0. The standard InChI is InChI=1S/C12H15NO/c1-9-6-5-7-10(12(2,3)4)11(9)13-8-14/h5-7H,1-4H3. The molecule has 2 heteroatoms. The Morgan fingerprint density at radius 1 is 1.29 bits per heavy atom. The third-order valence-electron chi connectivity index (χ3n) is 2.20. The first-order chi connectivity index (χ1) is 6.46. The van der Waals surface area contributed by atoms with Gasteiger partial charge in [-0.2, -0.15) is 4.99 Å². The number of carbonyl (C=O) groups excluding carboxylic acids is 1. The zero-order valence-electron chi connectivity index (χ0n) is 9.09. The van der Waals surface area contributed by atoms with Crippen molar-refractivity contribution in [1.82, 2.24) is 0 Å². The summed E-state index contributed by atoms with van der Waals surface area (Å²) in [7, 11) is 0. The summed E-state index contributed by atoms with van der Waals surface area (Å²) in [5.41, 5.74) is 2.86. The first kappa shape index (κ1) is 10.7. The van der Waals surface area contributed by atoms with E-state index < -0.39 is 0 Å². The smallest absolute Gasteiger partial charge is 0.211 e. The Bertz CT molecular complexity index is 382. The number of hydrogen-bond donors (Lipinski definition) is 0. The van der Waals surface area contributed by atoms with Crippen LogP contribution in [0, 0.1) is 6.92 Å². The van der Waals surface area contributed by atoms with E-state index in [4.69, 9.17) is 0 Å². The van der Waals surface area contributed by atoms with Gasteiger partial charge in [-0.25, -0.2) is 4.79 Å². The average molecular weight is 189 g/mol. The van der Waals surface area contributed by atoms with Gasteiger partial charge in [-0.05, 0) is 23.5 Å². The molecule has 1 aromatic carbocycles. The third kappa shape index (κ3) is 2.09. The van der Waals surface area contributed by atoms with E-state index in [2.05, 4.69) is 25.8 Å². The van der Waals surface area contributed by atoms with Crippen LogP contribution >= 0.6 is 0 Å². The van der Waals surface area contributed by atoms with E-state index >= 15 is 0 Å². The summed E-state index contributed by atoms with van der Waals surface area (Å²) in [6.07, 6.45) is 1.61. The molecule has 0 atom stereocenters. The number of hydrogen-bond acceptors (Lipinski definition) is 2. The SMILES string of the molecule is Cc1cccc(C(C)(C)C)c1N=C=O. The Morgan fingerprint density at radius 2 is 1.93 bits per heavy atom. The molecule has 0 fully saturated rings. The van der Waals surface area contributed by atoms with Crippen molar-refractivity contribution in [2.75, 3.05) is 0 Å². The van der Waals surface area contributed by atoms with Gasteiger partial charge in [-0.1, -0.05) is 39.0 Å². The fourth-order valence-electron chi connectivity index (χ4n) is 1.46. The highest BCUT2D eigenvalue weighted by atomic mass is 16.1. The van der Waals surface area contributed by atoms with Crippen LogP contribution in [0.1, 0.15) is 31.9 Å². The highest BCUT2D eigenvalue weighted by molar-refractivity contribution is 5.60. The van der Waals surface area contributed by atoms with Crippen LogP contribution in [0.4, 0.5) is 5.69 Å². The topological polar surface area (TPSA) is 29.4 Å². The summed E-state index contributed by atoms with van der Waals surface area (Å²) in [5.74, 6) is 0. The van der Waals surface area contributed by atoms with E-state index in [1.165, 1.54) is 0 Å². The Balaban J connectivity index is 3.43. The predicted molar refractivity (Wildman–Crippen MR) is 57.7 cm³/mol. The summed E-state index contributed by atoms with van der Waals surface area (Å²) in [5, 5.41) is 0. The number of para-hydroxylation sites is 1. The molecule has 0 spiro atoms. The van der Waals surface area contributed by atoms with Gasteiger partial charge in [-0.3, -0.25) is 0 Å². The second-order valence-electron chi connectivity index (χ2n) is 4.42. The molecule has 0 N–H and O–H groups in total. The van der Waals surface area contributed by atoms with Gasteiger partial charge in [0, 0.05) is 0 Å². The number of aryl methyl sites for hydroxylation is 1. The highest BCUT2D eigenvalue weighted by Gasteiger charge is 2.18. The van der Waals surface area contributed by atoms with E-state index in [1.807, 2.05) is 25.1 Å². The van der Waals surface area contributed by atoms with Gasteiger partial charge in [0.2, 0.25) is 6.08 Å². The molecule has 0 unspecified atom stereocenters. The Hall–Kier alpha value is -1.40. The van der Waals surface area contributed by atoms with Crippen molar-refractivity contribution in [1.29, 1.82) is 0 Å². The van der Waals surface area contributed by atoms with Gasteiger partial charge in [0.15, 0.2) is 0 Å². The van der Waals surface area contributed by atoms with E-state index in [1.54, 1.807) is 6.08 Å². The van der Waals surface area contributed by atoms with Crippen molar-refractivity contribution in [3.05, 3.63) is 29.3 Å². The molecule has 0 aliphatic rings. The molecule has 0 aliphatic heterocycles. The third-order valence-corrected chi connectivity index (χ3v) is 2.20. The number of aliphatic imine (C=N–C) groups is 1. The van der Waals surface area contributed by atoms with Crippen molar-refractivity contribution in [2.45, 2.75) is 33.1 Å². The van der Waals surface area contributed by atoms with Crippen molar-refractivity contribution in [2.24, 2.45) is 4.99 Å². The average Bonchev–Trinajstić information content (AvgIpc) is 2.07. The van der Waals surface area contributed by atoms with Crippen LogP contribution in [0.5, 0.6) is 0 Å². The predicted octanol–water partition coefficient (Wildman–Crippen LogP) is 3.26. The first-order valence-electron chi connectivity index (χ1n) is 4.65. The highest BCUT2D eigenvalue weighted by Crippen LogP contribution is 2.33. The summed E-state index contributed by atoms with van der Waals surface area (Å²) in [6, 6.07) is 5.94. The molecule has 74 valence electrons. The van der Waals surface area contributed by atoms with Crippen molar-refractivity contribution in [3.8, 4) is 0 Å². The van der Waals surface area contributed by atoms with Crippen LogP contribution in [0.15, 0.2) is 23.2 Å². The molecule has 2 nitrogen and oxygen atoms in total. The maximum absolute atomic E-state index is 10.3. The largest absolute Gasteiger partial charge is 0.240 e. The van der Waals surface area contributed by atoms with E-state index in [0.717, 1.165) is 16.8 Å². The lowest BCUT2D eigenvalue weighted by Gasteiger charge is -2.21. The molecule has 0 saturated heterocycles. The minimum atomic E-state index is 0.00169. The van der Waals surface area contributed by atoms with Crippen LogP contribution in [0.2, 0.25) is 0 Å². The monoisotopic (exact) mass is 189 g/mol. The Labute approximate surface area is 84.7 Å². The quantitative estimate of drug-likeness (QED) is 0.492. The molecule has 0 amide bonds. The molecule has 0 bridgehead atoms. The van der Waals surface area contributed by atoms with Gasteiger partial charge in [-0.15, -0.1) is 0 Å². The molecule has 0 aliphatic carbocycles. The lowest BCUT2D eigenvalue weighted by atomic mass is 9.85. The molecule has 0 heterocycles. The molecular formula is C12H15NO. The van der Waals surface area contributed by atoms with E-state index in [0.29, 0.717) is 0 Å². The minimum Gasteiger partial charge on any atom is -0.211 e. The minimum absolute atomic E-state index is 0.00169. The van der Waals surface area contributed by atoms with Crippen LogP contribution in [0.3, 0.4) is 0 Å². The molecule has 1 aromatic rings. The number of nitrogens with zero attached hydrogens (tertiary/aromatic N) is 1. The molecule has 0 saturated carbocycles. The second kappa shape index (κ2) is 3.77. The number of rotatable bonds is 1. The van der Waals surface area contributed by atoms with Crippen LogP contribution in [-0.2, 0) is 10.2 Å². The maximum atomic E-state index is 10.3. The fraction of sp³-hybridized carbons (Fsp3) is 0.417. The Kier molecular flexibility index (Phi) is 2.87. The number of benzene rings is 1. The van der Waals surface area contributed by atoms with Gasteiger partial charge < -0.3 is 0 Å².